The van der Waals surface area contributed by atoms with Gasteiger partial charge in [-0.25, -0.2) is 13.5 Å². The summed E-state index contributed by atoms with van der Waals surface area (Å²) in [5.41, 5.74) is -4.43. The van der Waals surface area contributed by atoms with Crippen molar-refractivity contribution in [2.45, 2.75) is 204 Å². The number of aromatic nitrogens is 3. The number of alkyl halides is 2. The van der Waals surface area contributed by atoms with Crippen LogP contribution in [-0.4, -0.2) is 192 Å². The van der Waals surface area contributed by atoms with Crippen molar-refractivity contribution in [2.75, 3.05) is 41.0 Å². The fourth-order valence-corrected chi connectivity index (χ4v) is 11.0. The summed E-state index contributed by atoms with van der Waals surface area (Å²) in [7, 11) is 5.08. The third-order valence-electron chi connectivity index (χ3n) is 15.6. The lowest BCUT2D eigenvalue weighted by Gasteiger charge is -2.49. The van der Waals surface area contributed by atoms with Crippen LogP contribution >= 0.6 is 0 Å². The van der Waals surface area contributed by atoms with Gasteiger partial charge in [0.25, 0.3) is 5.69 Å². The Morgan fingerprint density at radius 2 is 1.67 bits per heavy atom. The minimum Gasteiger partial charge on any atom is -0.459 e. The third-order valence-corrected chi connectivity index (χ3v) is 15.6. The van der Waals surface area contributed by atoms with Gasteiger partial charge in [0.15, 0.2) is 18.8 Å². The van der Waals surface area contributed by atoms with Crippen LogP contribution in [0.2, 0.25) is 0 Å². The number of aliphatic hydroxyl groups is 5. The third kappa shape index (κ3) is 13.5. The minimum atomic E-state index is -1.87. The number of ether oxygens (including phenoxy) is 6. The quantitative estimate of drug-likeness (QED) is 0.0950. The molecular formula is C50H82F2N6O14. The molecule has 0 spiro atoms. The molecule has 1 unspecified atom stereocenters. The Bertz CT molecular complexity index is 2060. The number of nitro benzene ring substituents is 1. The molecule has 1 aromatic carbocycles. The van der Waals surface area contributed by atoms with Crippen LogP contribution < -0.4 is 0 Å². The van der Waals surface area contributed by atoms with E-state index in [1.54, 1.807) is 62.6 Å². The summed E-state index contributed by atoms with van der Waals surface area (Å²) in [6.07, 6.45) is -10.1. The van der Waals surface area contributed by atoms with E-state index in [0.717, 1.165) is 16.8 Å². The van der Waals surface area contributed by atoms with E-state index in [1.165, 1.54) is 32.4 Å². The highest BCUT2D eigenvalue weighted by Gasteiger charge is 2.53. The summed E-state index contributed by atoms with van der Waals surface area (Å²) in [4.78, 5) is 28.7. The summed E-state index contributed by atoms with van der Waals surface area (Å²) in [5, 5.41) is 78.8. The molecule has 3 aliphatic heterocycles. The highest BCUT2D eigenvalue weighted by molar-refractivity contribution is 5.73. The lowest BCUT2D eigenvalue weighted by Crippen LogP contribution is -2.61. The maximum Gasteiger partial charge on any atom is 0.311 e. The van der Waals surface area contributed by atoms with Gasteiger partial charge in [-0.15, -0.1) is 5.10 Å². The largest absolute Gasteiger partial charge is 0.459 e. The number of halogens is 2. The molecule has 4 heterocycles. The smallest absolute Gasteiger partial charge is 0.311 e. The number of nitro groups is 1. The highest BCUT2D eigenvalue weighted by Crippen LogP contribution is 2.41. The Kier molecular flexibility index (Phi) is 20.3. The molecule has 0 aliphatic carbocycles. The molecule has 5 rings (SSSR count). The second kappa shape index (κ2) is 24.5. The van der Waals surface area contributed by atoms with Gasteiger partial charge in [-0.1, -0.05) is 26.0 Å². The van der Waals surface area contributed by atoms with Crippen molar-refractivity contribution in [3.63, 3.8) is 0 Å². The molecule has 0 radical (unpaired) electrons. The Morgan fingerprint density at radius 1 is 1.01 bits per heavy atom. The molecule has 5 N–H and O–H groups in total. The number of nitrogens with zero attached hydrogens (tertiary/aromatic N) is 6. The number of carbonyl (C=O) groups excluding carboxylic acids is 1. The average molecular weight is 1030 g/mol. The average Bonchev–Trinajstić information content (AvgIpc) is 3.80. The second-order valence-electron chi connectivity index (χ2n) is 21.6. The lowest BCUT2D eigenvalue weighted by atomic mass is 9.77. The van der Waals surface area contributed by atoms with Gasteiger partial charge in [0.1, 0.15) is 42.7 Å². The number of likely N-dealkylation sites (N-methyl/N-ethyl adjacent to an activating group) is 2. The maximum absolute atomic E-state index is 15.6. The van der Waals surface area contributed by atoms with Crippen LogP contribution in [0.5, 0.6) is 0 Å². The van der Waals surface area contributed by atoms with Gasteiger partial charge in [-0.3, -0.25) is 14.9 Å². The van der Waals surface area contributed by atoms with Crippen molar-refractivity contribution < 1.29 is 72.5 Å². The number of rotatable bonds is 15. The summed E-state index contributed by atoms with van der Waals surface area (Å²) < 4.78 is 69.1. The number of carbonyl (C=O) groups is 1. The molecule has 0 saturated carbocycles. The lowest BCUT2D eigenvalue weighted by molar-refractivity contribution is -0.384. The summed E-state index contributed by atoms with van der Waals surface area (Å²) in [6, 6.07) is 2.22. The Hall–Kier alpha value is -3.39. The van der Waals surface area contributed by atoms with Crippen LogP contribution in [0, 0.1) is 27.9 Å². The van der Waals surface area contributed by atoms with Crippen LogP contribution in [0.1, 0.15) is 118 Å². The van der Waals surface area contributed by atoms with E-state index in [0.29, 0.717) is 25.2 Å². The highest BCUT2D eigenvalue weighted by atomic mass is 19.1. The van der Waals surface area contributed by atoms with Crippen LogP contribution in [0.4, 0.5) is 14.5 Å². The first-order chi connectivity index (χ1) is 33.6. The number of non-ortho nitro benzene ring substituents is 1. The number of esters is 1. The van der Waals surface area contributed by atoms with Crippen molar-refractivity contribution in [2.24, 2.45) is 17.8 Å². The molecule has 22 heteroatoms. The first kappa shape index (κ1) is 59.5. The van der Waals surface area contributed by atoms with Crippen molar-refractivity contribution >= 4 is 11.7 Å². The predicted octanol–water partition coefficient (Wildman–Crippen LogP) is 4.23. The number of cyclic esters (lactones) is 1. The molecule has 3 saturated heterocycles. The van der Waals surface area contributed by atoms with E-state index in [2.05, 4.69) is 10.3 Å². The maximum atomic E-state index is 15.6. The molecule has 20 atom stereocenters. The van der Waals surface area contributed by atoms with Gasteiger partial charge in [0, 0.05) is 69.4 Å². The van der Waals surface area contributed by atoms with Crippen molar-refractivity contribution in [1.82, 2.24) is 24.8 Å². The van der Waals surface area contributed by atoms with Crippen molar-refractivity contribution in [3.05, 3.63) is 51.8 Å². The van der Waals surface area contributed by atoms with E-state index >= 15 is 4.39 Å². The molecule has 410 valence electrons. The van der Waals surface area contributed by atoms with Crippen LogP contribution in [0.25, 0.3) is 0 Å². The number of hydrogen-bond acceptors (Lipinski definition) is 18. The van der Waals surface area contributed by atoms with Gasteiger partial charge in [0.05, 0.1) is 52.2 Å². The second-order valence-corrected chi connectivity index (χ2v) is 21.6. The number of hydrogen-bond donors (Lipinski definition) is 5. The SMILES string of the molecule is CC[C@H]1OC(=O)[C@H](C)[C@@H](O[C@H]2C[C@@](C)(OC)[C@@H](O)[C@H](C)O2)[C@H](C)[C@@H](O[C@@H]2O[C@H](C)C[C@H](N(C)CCc3cn([C@H](CF)C(F)c4ccc([N+](=O)[O-])cc4)nn3)[C@H]2O)[C@](C)(O)C[C@@H](C)CN(C)[C@H](C)[C@@H](O)[C@]1(C)O. The minimum absolute atomic E-state index is 0.0501. The molecular weight excluding hydrogens is 947 g/mol. The zero-order chi connectivity index (χ0) is 53.8. The summed E-state index contributed by atoms with van der Waals surface area (Å²) in [6.45, 7) is 16.7. The van der Waals surface area contributed by atoms with Gasteiger partial charge in [-0.05, 0) is 105 Å². The van der Waals surface area contributed by atoms with E-state index in [1.807, 2.05) is 23.6 Å². The molecule has 0 amide bonds. The van der Waals surface area contributed by atoms with Crippen molar-refractivity contribution in [3.8, 4) is 0 Å². The topological polar surface area (TPSA) is 254 Å². The van der Waals surface area contributed by atoms with E-state index in [-0.39, 0.29) is 42.9 Å². The summed E-state index contributed by atoms with van der Waals surface area (Å²) in [5.74, 6) is -3.00. The zero-order valence-electron chi connectivity index (χ0n) is 44.2. The first-order valence-electron chi connectivity index (χ1n) is 25.2. The van der Waals surface area contributed by atoms with Crippen LogP contribution in [0.15, 0.2) is 30.5 Å². The van der Waals surface area contributed by atoms with E-state index < -0.39 is 132 Å². The Labute approximate surface area is 422 Å². The van der Waals surface area contributed by atoms with E-state index in [4.69, 9.17) is 28.4 Å². The Balaban J connectivity index is 1.44. The molecule has 3 aliphatic rings. The number of aliphatic hydroxyl groups excluding tert-OH is 3. The first-order valence-corrected chi connectivity index (χ1v) is 25.2. The predicted molar refractivity (Wildman–Crippen MR) is 259 cm³/mol. The van der Waals surface area contributed by atoms with Gasteiger partial charge in [0.2, 0.25) is 0 Å². The van der Waals surface area contributed by atoms with Gasteiger partial charge in [-0.2, -0.15) is 0 Å². The summed E-state index contributed by atoms with van der Waals surface area (Å²) >= 11 is 0. The Morgan fingerprint density at radius 3 is 2.26 bits per heavy atom. The standard InChI is InChI=1S/C50H82F2N6O14/c1-14-38-50(10,64)43(60)31(6)56(12)25-27(2)22-48(8,63)45(29(4)42(30(5)46(62)70-38)71-39-23-49(9,67-13)44(61)32(7)69-39)72-47-41(59)36(21-28(3)68-47)55(11)20-19-34-26-57(54-53-34)37(24-51)40(52)33-15-17-35(18-16-33)58(65)66/h15-18,26-32,36-45,47,59-61,63-64H,14,19-25H2,1-13H3/t27-,28-,29+,30-,31-,32+,36+,37-,38-,39+,40?,41-,42+,43-,44+,45-,47+,48-,49-,50-/m1/s1. The molecule has 1 aromatic heterocycles. The van der Waals surface area contributed by atoms with E-state index in [9.17, 15) is 44.8 Å². The molecule has 72 heavy (non-hydrogen) atoms. The monoisotopic (exact) mass is 1030 g/mol. The molecule has 2 aromatic rings. The molecule has 20 nitrogen and oxygen atoms in total. The van der Waals surface area contributed by atoms with Gasteiger partial charge < -0.3 is 63.8 Å². The van der Waals surface area contributed by atoms with Crippen LogP contribution in [0.3, 0.4) is 0 Å². The van der Waals surface area contributed by atoms with Crippen molar-refractivity contribution in [1.29, 1.82) is 0 Å². The number of benzene rings is 1. The van der Waals surface area contributed by atoms with Crippen LogP contribution in [-0.2, 0) is 39.6 Å². The van der Waals surface area contributed by atoms with Gasteiger partial charge >= 0.3 is 5.97 Å². The normalized spacial score (nSPS) is 40.0. The number of methoxy groups -OCH3 is 1. The molecule has 3 fully saturated rings. The zero-order valence-corrected chi connectivity index (χ0v) is 44.2. The fourth-order valence-electron chi connectivity index (χ4n) is 11.0. The fraction of sp³-hybridized carbons (Fsp3) is 0.820. The molecule has 0 bridgehead atoms.